The lowest BCUT2D eigenvalue weighted by atomic mass is 10.0. The van der Waals surface area contributed by atoms with Gasteiger partial charge in [-0.3, -0.25) is 4.79 Å². The maximum absolute atomic E-state index is 12.7. The molecule has 8 heteroatoms. The van der Waals surface area contributed by atoms with Crippen LogP contribution in [0, 0.1) is 5.92 Å². The molecule has 0 amide bonds. The van der Waals surface area contributed by atoms with Gasteiger partial charge in [-0.15, -0.1) is 0 Å². The molecule has 2 atom stereocenters. The Kier molecular flexibility index (Phi) is 4.46. The third-order valence-electron chi connectivity index (χ3n) is 3.60. The number of benzene rings is 1. The zero-order valence-corrected chi connectivity index (χ0v) is 11.8. The number of carbonyl (C=O) groups is 1. The van der Waals surface area contributed by atoms with E-state index in [9.17, 15) is 22.0 Å². The molecule has 1 aliphatic carbocycles. The van der Waals surface area contributed by atoms with E-state index in [-0.39, 0.29) is 5.69 Å². The SMILES string of the molecule is O=C(O)C1CCCC1Nc1ccccc1S(=O)(=O)C(F)F. The number of alkyl halides is 2. The summed E-state index contributed by atoms with van der Waals surface area (Å²) in [5.41, 5.74) is 0.0240. The van der Waals surface area contributed by atoms with E-state index in [1.807, 2.05) is 0 Å². The Hall–Kier alpha value is -1.70. The molecule has 0 bridgehead atoms. The minimum atomic E-state index is -4.73. The molecule has 0 heterocycles. The summed E-state index contributed by atoms with van der Waals surface area (Å²) in [7, 11) is -4.73. The van der Waals surface area contributed by atoms with Gasteiger partial charge in [0.05, 0.1) is 16.5 Å². The molecule has 1 aromatic carbocycles. The molecule has 0 radical (unpaired) electrons. The fourth-order valence-electron chi connectivity index (χ4n) is 2.56. The highest BCUT2D eigenvalue weighted by Gasteiger charge is 2.35. The third kappa shape index (κ3) is 3.15. The summed E-state index contributed by atoms with van der Waals surface area (Å²) in [6.07, 6.45) is 1.73. The van der Waals surface area contributed by atoms with Crippen LogP contribution in [0.15, 0.2) is 29.2 Å². The Morgan fingerprint density at radius 2 is 1.95 bits per heavy atom. The zero-order valence-electron chi connectivity index (χ0n) is 11.0. The Labute approximate surface area is 120 Å². The van der Waals surface area contributed by atoms with E-state index in [4.69, 9.17) is 5.11 Å². The van der Waals surface area contributed by atoms with E-state index >= 15 is 0 Å². The van der Waals surface area contributed by atoms with E-state index in [1.165, 1.54) is 18.2 Å². The number of carboxylic acids is 1. The molecule has 1 fully saturated rings. The van der Waals surface area contributed by atoms with Gasteiger partial charge in [0.15, 0.2) is 0 Å². The van der Waals surface area contributed by atoms with E-state index in [0.717, 1.165) is 6.07 Å². The van der Waals surface area contributed by atoms with Crippen LogP contribution in [-0.4, -0.2) is 31.3 Å². The first kappa shape index (κ1) is 15.7. The lowest BCUT2D eigenvalue weighted by Crippen LogP contribution is -2.30. The van der Waals surface area contributed by atoms with Crippen molar-refractivity contribution < 1.29 is 27.1 Å². The van der Waals surface area contributed by atoms with Crippen LogP contribution in [0.3, 0.4) is 0 Å². The average Bonchev–Trinajstić information content (AvgIpc) is 2.87. The minimum Gasteiger partial charge on any atom is -0.481 e. The Morgan fingerprint density at radius 3 is 2.57 bits per heavy atom. The van der Waals surface area contributed by atoms with Gasteiger partial charge in [0.1, 0.15) is 0 Å². The van der Waals surface area contributed by atoms with Crippen molar-refractivity contribution in [2.45, 2.75) is 36.0 Å². The number of aliphatic carboxylic acids is 1. The molecule has 2 rings (SSSR count). The van der Waals surface area contributed by atoms with Crippen molar-refractivity contribution in [2.75, 3.05) is 5.32 Å². The topological polar surface area (TPSA) is 83.5 Å². The Morgan fingerprint density at radius 1 is 1.29 bits per heavy atom. The molecule has 5 nitrogen and oxygen atoms in total. The molecule has 116 valence electrons. The zero-order chi connectivity index (χ0) is 15.6. The predicted octanol–water partition coefficient (Wildman–Crippen LogP) is 2.35. The molecule has 0 saturated heterocycles. The summed E-state index contributed by atoms with van der Waals surface area (Å²) in [6, 6.07) is 4.86. The maximum Gasteiger partial charge on any atom is 0.341 e. The third-order valence-corrected chi connectivity index (χ3v) is 5.04. The minimum absolute atomic E-state index is 0.0240. The second-order valence-corrected chi connectivity index (χ2v) is 6.81. The van der Waals surface area contributed by atoms with Gasteiger partial charge < -0.3 is 10.4 Å². The average molecular weight is 319 g/mol. The quantitative estimate of drug-likeness (QED) is 0.870. The maximum atomic E-state index is 12.7. The van der Waals surface area contributed by atoms with Crippen LogP contribution in [0.25, 0.3) is 0 Å². The summed E-state index contributed by atoms with van der Waals surface area (Å²) in [4.78, 5) is 10.6. The van der Waals surface area contributed by atoms with Crippen LogP contribution in [-0.2, 0) is 14.6 Å². The molecule has 2 unspecified atom stereocenters. The largest absolute Gasteiger partial charge is 0.481 e. The first-order chi connectivity index (χ1) is 9.84. The summed E-state index contributed by atoms with van der Waals surface area (Å²) >= 11 is 0. The number of carboxylic acid groups (broad SMARTS) is 1. The van der Waals surface area contributed by atoms with E-state index in [0.29, 0.717) is 19.3 Å². The van der Waals surface area contributed by atoms with Crippen molar-refractivity contribution in [1.82, 2.24) is 0 Å². The normalized spacial score (nSPS) is 22.4. The van der Waals surface area contributed by atoms with Gasteiger partial charge in [-0.25, -0.2) is 8.42 Å². The van der Waals surface area contributed by atoms with Gasteiger partial charge in [0.2, 0.25) is 9.84 Å². The van der Waals surface area contributed by atoms with Gasteiger partial charge in [0, 0.05) is 6.04 Å². The molecule has 0 aliphatic heterocycles. The van der Waals surface area contributed by atoms with E-state index in [2.05, 4.69) is 5.32 Å². The van der Waals surface area contributed by atoms with Crippen molar-refractivity contribution in [3.63, 3.8) is 0 Å². The summed E-state index contributed by atoms with van der Waals surface area (Å²) in [5, 5.41) is 11.9. The van der Waals surface area contributed by atoms with Crippen LogP contribution >= 0.6 is 0 Å². The lowest BCUT2D eigenvalue weighted by Gasteiger charge is -2.20. The van der Waals surface area contributed by atoms with Crippen LogP contribution in [0.2, 0.25) is 0 Å². The highest BCUT2D eigenvalue weighted by atomic mass is 32.2. The number of para-hydroxylation sites is 1. The first-order valence-corrected chi connectivity index (χ1v) is 7.99. The van der Waals surface area contributed by atoms with Crippen LogP contribution in [0.4, 0.5) is 14.5 Å². The molecular weight excluding hydrogens is 304 g/mol. The molecule has 21 heavy (non-hydrogen) atoms. The summed E-state index contributed by atoms with van der Waals surface area (Å²) < 4.78 is 48.6. The molecule has 0 spiro atoms. The predicted molar refractivity (Wildman–Crippen MR) is 72.0 cm³/mol. The van der Waals surface area contributed by atoms with Crippen molar-refractivity contribution in [3.8, 4) is 0 Å². The number of anilines is 1. The van der Waals surface area contributed by atoms with E-state index < -0.39 is 38.4 Å². The van der Waals surface area contributed by atoms with Crippen LogP contribution in [0.1, 0.15) is 19.3 Å². The van der Waals surface area contributed by atoms with Crippen LogP contribution < -0.4 is 5.32 Å². The second-order valence-electron chi connectivity index (χ2n) is 4.93. The molecule has 0 aromatic heterocycles. The van der Waals surface area contributed by atoms with Crippen molar-refractivity contribution in [2.24, 2.45) is 5.92 Å². The molecule has 1 aromatic rings. The second kappa shape index (κ2) is 5.97. The number of nitrogens with one attached hydrogen (secondary N) is 1. The number of halogens is 2. The van der Waals surface area contributed by atoms with E-state index in [1.54, 1.807) is 0 Å². The van der Waals surface area contributed by atoms with Crippen molar-refractivity contribution in [3.05, 3.63) is 24.3 Å². The number of rotatable bonds is 5. The van der Waals surface area contributed by atoms with Crippen molar-refractivity contribution in [1.29, 1.82) is 0 Å². The lowest BCUT2D eigenvalue weighted by molar-refractivity contribution is -0.141. The Bertz CT molecular complexity index is 633. The van der Waals surface area contributed by atoms with Crippen LogP contribution in [0.5, 0.6) is 0 Å². The number of sulfone groups is 1. The van der Waals surface area contributed by atoms with Gasteiger partial charge >= 0.3 is 11.7 Å². The molecule has 2 N–H and O–H groups in total. The van der Waals surface area contributed by atoms with Gasteiger partial charge in [-0.05, 0) is 25.0 Å². The van der Waals surface area contributed by atoms with Gasteiger partial charge in [-0.2, -0.15) is 8.78 Å². The standard InChI is InChI=1S/C13H15F2NO4S/c14-13(15)21(19,20)11-7-2-1-5-10(11)16-9-6-3-4-8(9)12(17)18/h1-2,5,7-9,13,16H,3-4,6H2,(H,17,18). The first-order valence-electron chi connectivity index (χ1n) is 6.44. The fraction of sp³-hybridized carbons (Fsp3) is 0.462. The van der Waals surface area contributed by atoms with Gasteiger partial charge in [-0.1, -0.05) is 18.6 Å². The number of hydrogen-bond donors (Lipinski definition) is 2. The highest BCUT2D eigenvalue weighted by molar-refractivity contribution is 7.91. The summed E-state index contributed by atoms with van der Waals surface area (Å²) in [5.74, 6) is -5.13. The number of hydrogen-bond acceptors (Lipinski definition) is 4. The molecule has 1 aliphatic rings. The van der Waals surface area contributed by atoms with Gasteiger partial charge in [0.25, 0.3) is 0 Å². The molecular formula is C13H15F2NO4S. The monoisotopic (exact) mass is 319 g/mol. The fourth-order valence-corrected chi connectivity index (χ4v) is 3.45. The summed E-state index contributed by atoms with van der Waals surface area (Å²) in [6.45, 7) is 0. The molecule has 1 saturated carbocycles. The highest BCUT2D eigenvalue weighted by Crippen LogP contribution is 2.32. The smallest absolute Gasteiger partial charge is 0.341 e. The Balaban J connectivity index is 2.32. The van der Waals surface area contributed by atoms with Crippen molar-refractivity contribution >= 4 is 21.5 Å².